The summed E-state index contributed by atoms with van der Waals surface area (Å²) in [5.74, 6) is 0.221. The third-order valence-corrected chi connectivity index (χ3v) is 4.45. The maximum absolute atomic E-state index is 12.9. The quantitative estimate of drug-likeness (QED) is 0.839. The van der Waals surface area contributed by atoms with E-state index in [0.29, 0.717) is 18.7 Å². The Balaban J connectivity index is 1.64. The Morgan fingerprint density at radius 1 is 1.28 bits per heavy atom. The highest BCUT2D eigenvalue weighted by Crippen LogP contribution is 2.22. The molecule has 0 bridgehead atoms. The minimum atomic E-state index is -0.383. The standard InChI is InChI=1S/C18H21FN4O2/c1-22-10-9-21-18(22)15-12-20-8-11-23(15)17(25)7-6-16(24)13-2-4-14(19)5-3-13/h2-5,9-10,15,20H,6-8,11-12H2,1H3. The van der Waals surface area contributed by atoms with Gasteiger partial charge in [0.1, 0.15) is 17.7 Å². The maximum Gasteiger partial charge on any atom is 0.223 e. The fourth-order valence-electron chi connectivity index (χ4n) is 3.08. The minimum absolute atomic E-state index is 0.0649. The number of hydrogen-bond acceptors (Lipinski definition) is 4. The van der Waals surface area contributed by atoms with Gasteiger partial charge in [0.25, 0.3) is 0 Å². The van der Waals surface area contributed by atoms with Crippen LogP contribution in [0.3, 0.4) is 0 Å². The topological polar surface area (TPSA) is 67.2 Å². The van der Waals surface area contributed by atoms with Gasteiger partial charge in [-0.1, -0.05) is 0 Å². The van der Waals surface area contributed by atoms with Crippen molar-refractivity contribution in [3.63, 3.8) is 0 Å². The lowest BCUT2D eigenvalue weighted by Gasteiger charge is -2.35. The molecule has 6 nitrogen and oxygen atoms in total. The number of benzene rings is 1. The van der Waals surface area contributed by atoms with Gasteiger partial charge in [-0.3, -0.25) is 9.59 Å². The van der Waals surface area contributed by atoms with E-state index in [4.69, 9.17) is 0 Å². The van der Waals surface area contributed by atoms with Gasteiger partial charge in [0.2, 0.25) is 5.91 Å². The monoisotopic (exact) mass is 344 g/mol. The number of Topliss-reactive ketones (excluding diaryl/α,β-unsaturated/α-hetero) is 1. The summed E-state index contributed by atoms with van der Waals surface area (Å²) in [7, 11) is 1.90. The molecule has 0 spiro atoms. The number of aryl methyl sites for hydroxylation is 1. The second kappa shape index (κ2) is 7.57. The molecule has 1 N–H and O–H groups in total. The van der Waals surface area contributed by atoms with E-state index in [-0.39, 0.29) is 36.4 Å². The number of imidazole rings is 1. The van der Waals surface area contributed by atoms with Crippen LogP contribution in [0.2, 0.25) is 0 Å². The van der Waals surface area contributed by atoms with Crippen LogP contribution >= 0.6 is 0 Å². The molecule has 132 valence electrons. The lowest BCUT2D eigenvalue weighted by molar-refractivity contribution is -0.134. The summed E-state index contributed by atoms with van der Waals surface area (Å²) >= 11 is 0. The molecule has 1 unspecified atom stereocenters. The number of ketones is 1. The molecule has 2 heterocycles. The second-order valence-electron chi connectivity index (χ2n) is 6.13. The van der Waals surface area contributed by atoms with Gasteiger partial charge in [0, 0.05) is 57.5 Å². The van der Waals surface area contributed by atoms with E-state index in [9.17, 15) is 14.0 Å². The van der Waals surface area contributed by atoms with Crippen LogP contribution in [0.15, 0.2) is 36.7 Å². The largest absolute Gasteiger partial charge is 0.336 e. The van der Waals surface area contributed by atoms with Gasteiger partial charge < -0.3 is 14.8 Å². The summed E-state index contributed by atoms with van der Waals surface area (Å²) in [4.78, 5) is 31.0. The van der Waals surface area contributed by atoms with Crippen LogP contribution in [0.25, 0.3) is 0 Å². The summed E-state index contributed by atoms with van der Waals surface area (Å²) in [5.41, 5.74) is 0.426. The molecular formula is C18H21FN4O2. The van der Waals surface area contributed by atoms with Gasteiger partial charge in [0.05, 0.1) is 0 Å². The molecule has 1 aliphatic rings. The molecule has 1 aromatic heterocycles. The van der Waals surface area contributed by atoms with Crippen molar-refractivity contribution in [3.8, 4) is 0 Å². The third kappa shape index (κ3) is 3.93. The van der Waals surface area contributed by atoms with E-state index in [2.05, 4.69) is 10.3 Å². The molecule has 2 aromatic rings. The molecule has 7 heteroatoms. The summed E-state index contributed by atoms with van der Waals surface area (Å²) < 4.78 is 14.8. The number of halogens is 1. The first kappa shape index (κ1) is 17.3. The Morgan fingerprint density at radius 3 is 2.72 bits per heavy atom. The van der Waals surface area contributed by atoms with E-state index >= 15 is 0 Å². The fraction of sp³-hybridized carbons (Fsp3) is 0.389. The van der Waals surface area contributed by atoms with Crippen molar-refractivity contribution in [1.82, 2.24) is 19.8 Å². The number of piperazine rings is 1. The normalized spacial score (nSPS) is 17.5. The van der Waals surface area contributed by atoms with Crippen LogP contribution in [0.4, 0.5) is 4.39 Å². The Hall–Kier alpha value is -2.54. The average molecular weight is 344 g/mol. The number of hydrogen-bond donors (Lipinski definition) is 1. The van der Waals surface area contributed by atoms with Crippen molar-refractivity contribution >= 4 is 11.7 Å². The van der Waals surface area contributed by atoms with Gasteiger partial charge in [0.15, 0.2) is 5.78 Å². The molecule has 25 heavy (non-hydrogen) atoms. The lowest BCUT2D eigenvalue weighted by Crippen LogP contribution is -2.49. The zero-order valence-corrected chi connectivity index (χ0v) is 14.1. The zero-order chi connectivity index (χ0) is 17.8. The summed E-state index contributed by atoms with van der Waals surface area (Å²) in [6.45, 7) is 1.95. The number of nitrogens with one attached hydrogen (secondary N) is 1. The first-order valence-corrected chi connectivity index (χ1v) is 8.32. The van der Waals surface area contributed by atoms with Crippen LogP contribution in [0.5, 0.6) is 0 Å². The van der Waals surface area contributed by atoms with Crippen molar-refractivity contribution in [2.45, 2.75) is 18.9 Å². The number of aromatic nitrogens is 2. The highest BCUT2D eigenvalue weighted by atomic mass is 19.1. The third-order valence-electron chi connectivity index (χ3n) is 4.45. The highest BCUT2D eigenvalue weighted by molar-refractivity contribution is 5.97. The lowest BCUT2D eigenvalue weighted by atomic mass is 10.1. The number of carbonyl (C=O) groups is 2. The van der Waals surface area contributed by atoms with E-state index in [1.54, 1.807) is 11.1 Å². The highest BCUT2D eigenvalue weighted by Gasteiger charge is 2.30. The minimum Gasteiger partial charge on any atom is -0.336 e. The van der Waals surface area contributed by atoms with E-state index < -0.39 is 0 Å². The van der Waals surface area contributed by atoms with Gasteiger partial charge in [-0.25, -0.2) is 9.37 Å². The molecular weight excluding hydrogens is 323 g/mol. The SMILES string of the molecule is Cn1ccnc1C1CNCCN1C(=O)CCC(=O)c1ccc(F)cc1. The maximum atomic E-state index is 12.9. The molecule has 1 saturated heterocycles. The number of rotatable bonds is 5. The molecule has 1 aromatic carbocycles. The van der Waals surface area contributed by atoms with Gasteiger partial charge >= 0.3 is 0 Å². The Bertz CT molecular complexity index is 757. The van der Waals surface area contributed by atoms with Crippen molar-refractivity contribution in [2.75, 3.05) is 19.6 Å². The number of amides is 1. The molecule has 0 radical (unpaired) electrons. The molecule has 3 rings (SSSR count). The fourth-order valence-corrected chi connectivity index (χ4v) is 3.08. The average Bonchev–Trinajstić information content (AvgIpc) is 3.06. The van der Waals surface area contributed by atoms with Crippen LogP contribution in [0, 0.1) is 5.82 Å². The van der Waals surface area contributed by atoms with Crippen LogP contribution < -0.4 is 5.32 Å². The summed E-state index contributed by atoms with van der Waals surface area (Å²) in [6, 6.07) is 5.26. The Labute approximate surface area is 145 Å². The first-order valence-electron chi connectivity index (χ1n) is 8.32. The van der Waals surface area contributed by atoms with Crippen LogP contribution in [0.1, 0.15) is 35.1 Å². The van der Waals surface area contributed by atoms with Crippen LogP contribution in [-0.2, 0) is 11.8 Å². The predicted octanol–water partition coefficient (Wildman–Crippen LogP) is 1.70. The van der Waals surface area contributed by atoms with Crippen molar-refractivity contribution < 1.29 is 14.0 Å². The second-order valence-corrected chi connectivity index (χ2v) is 6.13. The molecule has 0 saturated carbocycles. The van der Waals surface area contributed by atoms with Gasteiger partial charge in [-0.05, 0) is 24.3 Å². The van der Waals surface area contributed by atoms with E-state index in [1.165, 1.54) is 24.3 Å². The summed E-state index contributed by atoms with van der Waals surface area (Å²) in [6.07, 6.45) is 3.81. The van der Waals surface area contributed by atoms with Crippen molar-refractivity contribution in [3.05, 3.63) is 53.9 Å². The van der Waals surface area contributed by atoms with Crippen molar-refractivity contribution in [1.29, 1.82) is 0 Å². The van der Waals surface area contributed by atoms with Gasteiger partial charge in [-0.2, -0.15) is 0 Å². The smallest absolute Gasteiger partial charge is 0.223 e. The number of carbonyl (C=O) groups excluding carboxylic acids is 2. The molecule has 1 fully saturated rings. The zero-order valence-electron chi connectivity index (χ0n) is 14.1. The summed E-state index contributed by atoms with van der Waals surface area (Å²) in [5, 5.41) is 3.28. The number of nitrogens with zero attached hydrogens (tertiary/aromatic N) is 3. The first-order chi connectivity index (χ1) is 12.1. The van der Waals surface area contributed by atoms with Gasteiger partial charge in [-0.15, -0.1) is 0 Å². The predicted molar refractivity (Wildman–Crippen MR) is 90.5 cm³/mol. The van der Waals surface area contributed by atoms with E-state index in [1.807, 2.05) is 17.8 Å². The molecule has 1 amide bonds. The molecule has 1 atom stereocenters. The van der Waals surface area contributed by atoms with Crippen molar-refractivity contribution in [2.24, 2.45) is 7.05 Å². The molecule has 0 aliphatic carbocycles. The van der Waals surface area contributed by atoms with Crippen LogP contribution in [-0.4, -0.2) is 45.8 Å². The Morgan fingerprint density at radius 2 is 2.04 bits per heavy atom. The molecule has 1 aliphatic heterocycles. The van der Waals surface area contributed by atoms with E-state index in [0.717, 1.165) is 12.4 Å². The Kier molecular flexibility index (Phi) is 5.23.